The second-order valence-electron chi connectivity index (χ2n) is 6.91. The smallest absolute Gasteiger partial charge is 0.203 e. The molecule has 4 aromatic rings. The van der Waals surface area contributed by atoms with E-state index in [1.165, 1.54) is 5.56 Å². The number of benzene rings is 2. The molecule has 7 heteroatoms. The van der Waals surface area contributed by atoms with Crippen LogP contribution in [0.25, 0.3) is 16.8 Å². The lowest BCUT2D eigenvalue weighted by atomic mass is 10.1. The van der Waals surface area contributed by atoms with Gasteiger partial charge in [-0.1, -0.05) is 12.1 Å². The van der Waals surface area contributed by atoms with Crippen molar-refractivity contribution in [3.05, 3.63) is 60.4 Å². The maximum absolute atomic E-state index is 5.50. The predicted molar refractivity (Wildman–Crippen MR) is 117 cm³/mol. The van der Waals surface area contributed by atoms with Crippen LogP contribution in [0.3, 0.4) is 0 Å². The average Bonchev–Trinajstić information content (AvgIpc) is 3.21. The van der Waals surface area contributed by atoms with E-state index in [4.69, 9.17) is 14.2 Å². The Labute approximate surface area is 175 Å². The van der Waals surface area contributed by atoms with Gasteiger partial charge in [0.05, 0.1) is 27.5 Å². The Bertz CT molecular complexity index is 1180. The summed E-state index contributed by atoms with van der Waals surface area (Å²) in [6.07, 6.45) is 3.59. The summed E-state index contributed by atoms with van der Waals surface area (Å²) >= 11 is 0. The van der Waals surface area contributed by atoms with Crippen LogP contribution in [-0.2, 0) is 0 Å². The average molecular weight is 404 g/mol. The van der Waals surface area contributed by atoms with Crippen molar-refractivity contribution in [3.8, 4) is 28.4 Å². The molecule has 4 rings (SSSR count). The molecule has 0 unspecified atom stereocenters. The predicted octanol–water partition coefficient (Wildman–Crippen LogP) is 4.50. The number of hydrogen-bond acceptors (Lipinski definition) is 6. The van der Waals surface area contributed by atoms with Crippen LogP contribution in [0.2, 0.25) is 0 Å². The van der Waals surface area contributed by atoms with Gasteiger partial charge in [-0.2, -0.15) is 9.61 Å². The molecule has 2 heterocycles. The minimum atomic E-state index is 0.549. The number of rotatable bonds is 6. The number of aryl methyl sites for hydroxylation is 1. The maximum atomic E-state index is 5.50. The van der Waals surface area contributed by atoms with Crippen molar-refractivity contribution in [2.45, 2.75) is 6.92 Å². The zero-order valence-electron chi connectivity index (χ0n) is 17.7. The number of nitrogens with zero attached hydrogens (tertiary/aromatic N) is 4. The van der Waals surface area contributed by atoms with Gasteiger partial charge in [-0.3, -0.25) is 0 Å². The van der Waals surface area contributed by atoms with E-state index < -0.39 is 0 Å². The van der Waals surface area contributed by atoms with Crippen LogP contribution < -0.4 is 19.1 Å². The third kappa shape index (κ3) is 3.28. The highest BCUT2D eigenvalue weighted by atomic mass is 16.5. The fourth-order valence-corrected chi connectivity index (χ4v) is 3.54. The molecule has 2 aromatic heterocycles. The highest BCUT2D eigenvalue weighted by Gasteiger charge is 2.18. The van der Waals surface area contributed by atoms with Crippen LogP contribution in [0.4, 0.5) is 11.5 Å². The Morgan fingerprint density at radius 3 is 2.30 bits per heavy atom. The molecule has 0 aliphatic heterocycles. The number of methoxy groups -OCH3 is 3. The zero-order chi connectivity index (χ0) is 21.3. The minimum Gasteiger partial charge on any atom is -0.493 e. The second kappa shape index (κ2) is 7.94. The first-order chi connectivity index (χ1) is 14.6. The fraction of sp³-hybridized carbons (Fsp3) is 0.217. The van der Waals surface area contributed by atoms with Gasteiger partial charge in [-0.05, 0) is 48.4 Å². The lowest BCUT2D eigenvalue weighted by molar-refractivity contribution is 0.324. The summed E-state index contributed by atoms with van der Waals surface area (Å²) in [7, 11) is 6.81. The summed E-state index contributed by atoms with van der Waals surface area (Å²) in [6.45, 7) is 2.08. The molecule has 0 aliphatic rings. The lowest BCUT2D eigenvalue weighted by Gasteiger charge is -2.20. The molecule has 7 nitrogen and oxygen atoms in total. The Kier molecular flexibility index (Phi) is 5.18. The molecule has 0 aliphatic carbocycles. The van der Waals surface area contributed by atoms with Gasteiger partial charge in [-0.15, -0.1) is 0 Å². The molecule has 0 spiro atoms. The zero-order valence-corrected chi connectivity index (χ0v) is 17.7. The molecule has 0 saturated heterocycles. The van der Waals surface area contributed by atoms with Gasteiger partial charge >= 0.3 is 0 Å². The van der Waals surface area contributed by atoms with Gasteiger partial charge < -0.3 is 19.1 Å². The third-order valence-electron chi connectivity index (χ3n) is 5.09. The van der Waals surface area contributed by atoms with Gasteiger partial charge in [0.15, 0.2) is 17.1 Å². The van der Waals surface area contributed by atoms with E-state index in [1.807, 2.05) is 35.8 Å². The summed E-state index contributed by atoms with van der Waals surface area (Å²) in [4.78, 5) is 6.68. The van der Waals surface area contributed by atoms with Crippen LogP contribution in [0.5, 0.6) is 17.2 Å². The van der Waals surface area contributed by atoms with Crippen LogP contribution in [0.1, 0.15) is 5.56 Å². The van der Waals surface area contributed by atoms with Gasteiger partial charge in [-0.25, -0.2) is 4.98 Å². The monoisotopic (exact) mass is 404 g/mol. The van der Waals surface area contributed by atoms with Crippen LogP contribution in [0.15, 0.2) is 54.9 Å². The topological polar surface area (TPSA) is 61.1 Å². The van der Waals surface area contributed by atoms with Gasteiger partial charge in [0.1, 0.15) is 5.82 Å². The molecular weight excluding hydrogens is 380 g/mol. The lowest BCUT2D eigenvalue weighted by Crippen LogP contribution is -2.14. The highest BCUT2D eigenvalue weighted by molar-refractivity contribution is 5.81. The summed E-state index contributed by atoms with van der Waals surface area (Å²) < 4.78 is 18.3. The quantitative estimate of drug-likeness (QED) is 0.472. The number of aromatic nitrogens is 3. The maximum Gasteiger partial charge on any atom is 0.203 e. The number of ether oxygens (including phenoxy) is 3. The van der Waals surface area contributed by atoms with Gasteiger partial charge in [0.2, 0.25) is 5.75 Å². The first kappa shape index (κ1) is 19.6. The van der Waals surface area contributed by atoms with Crippen molar-refractivity contribution < 1.29 is 14.2 Å². The Morgan fingerprint density at radius 2 is 1.67 bits per heavy atom. The van der Waals surface area contributed by atoms with E-state index in [9.17, 15) is 0 Å². The number of hydrogen-bond donors (Lipinski definition) is 0. The molecule has 0 amide bonds. The molecule has 0 bridgehead atoms. The molecule has 0 N–H and O–H groups in total. The van der Waals surface area contributed by atoms with E-state index in [0.29, 0.717) is 17.2 Å². The van der Waals surface area contributed by atoms with Crippen molar-refractivity contribution in [2.75, 3.05) is 33.3 Å². The molecule has 0 atom stereocenters. The second-order valence-corrected chi connectivity index (χ2v) is 6.91. The minimum absolute atomic E-state index is 0.549. The summed E-state index contributed by atoms with van der Waals surface area (Å²) in [5, 5.41) is 4.62. The largest absolute Gasteiger partial charge is 0.493 e. The van der Waals surface area contributed by atoms with Crippen LogP contribution in [-0.4, -0.2) is 43.0 Å². The van der Waals surface area contributed by atoms with E-state index >= 15 is 0 Å². The van der Waals surface area contributed by atoms with Crippen molar-refractivity contribution in [3.63, 3.8) is 0 Å². The van der Waals surface area contributed by atoms with E-state index in [2.05, 4.69) is 40.1 Å². The summed E-state index contributed by atoms with van der Waals surface area (Å²) in [5.41, 5.74) is 4.76. The molecule has 0 radical (unpaired) electrons. The van der Waals surface area contributed by atoms with E-state index in [0.717, 1.165) is 28.3 Å². The summed E-state index contributed by atoms with van der Waals surface area (Å²) in [5.74, 6) is 2.62. The third-order valence-corrected chi connectivity index (χ3v) is 5.09. The Balaban J connectivity index is 1.85. The van der Waals surface area contributed by atoms with Crippen molar-refractivity contribution in [2.24, 2.45) is 0 Å². The van der Waals surface area contributed by atoms with Gasteiger partial charge in [0, 0.05) is 24.5 Å². The Morgan fingerprint density at radius 1 is 0.933 bits per heavy atom. The number of anilines is 2. The number of fused-ring (bicyclic) bond motifs is 1. The van der Waals surface area contributed by atoms with Crippen molar-refractivity contribution in [1.29, 1.82) is 0 Å². The molecule has 0 saturated carbocycles. The first-order valence-corrected chi connectivity index (χ1v) is 9.51. The fourth-order valence-electron chi connectivity index (χ4n) is 3.54. The molecule has 0 fully saturated rings. The highest BCUT2D eigenvalue weighted by Crippen LogP contribution is 2.42. The van der Waals surface area contributed by atoms with Crippen LogP contribution >= 0.6 is 0 Å². The first-order valence-electron chi connectivity index (χ1n) is 9.51. The molecule has 154 valence electrons. The van der Waals surface area contributed by atoms with Crippen molar-refractivity contribution in [1.82, 2.24) is 14.6 Å². The van der Waals surface area contributed by atoms with Crippen LogP contribution in [0, 0.1) is 6.92 Å². The molecule has 2 aromatic carbocycles. The standard InChI is InChI=1S/C23H24N4O3/c1-15-7-6-8-17(11-15)26(2)21-9-10-24-23-18(14-25-27(21)23)16-12-19(28-3)22(30-5)20(13-16)29-4/h6-14H,1-5H3. The van der Waals surface area contributed by atoms with E-state index in [1.54, 1.807) is 33.7 Å². The van der Waals surface area contributed by atoms with E-state index in [-0.39, 0.29) is 0 Å². The summed E-state index contributed by atoms with van der Waals surface area (Å²) in [6, 6.07) is 14.1. The molecular formula is C23H24N4O3. The Hall–Kier alpha value is -3.74. The SMILES string of the molecule is COc1cc(-c2cnn3c(N(C)c4cccc(C)c4)ccnc23)cc(OC)c1OC. The van der Waals surface area contributed by atoms with Gasteiger partial charge in [0.25, 0.3) is 0 Å². The van der Waals surface area contributed by atoms with Crippen molar-refractivity contribution >= 4 is 17.2 Å². The molecule has 30 heavy (non-hydrogen) atoms. The normalized spacial score (nSPS) is 10.8.